The lowest BCUT2D eigenvalue weighted by molar-refractivity contribution is 0.659. The predicted octanol–water partition coefficient (Wildman–Crippen LogP) is 4.16. The van der Waals surface area contributed by atoms with E-state index in [1.165, 1.54) is 22.1 Å². The van der Waals surface area contributed by atoms with Gasteiger partial charge in [-0.05, 0) is 17.9 Å². The summed E-state index contributed by atoms with van der Waals surface area (Å²) < 4.78 is 2.36. The van der Waals surface area contributed by atoms with Crippen molar-refractivity contribution in [1.82, 2.24) is 9.55 Å². The van der Waals surface area contributed by atoms with Gasteiger partial charge < -0.3 is 4.57 Å². The van der Waals surface area contributed by atoms with E-state index in [-0.39, 0.29) is 0 Å². The molecule has 2 heteroatoms. The molecule has 1 heterocycles. The van der Waals surface area contributed by atoms with Gasteiger partial charge in [-0.2, -0.15) is 0 Å². The van der Waals surface area contributed by atoms with Gasteiger partial charge in [0.25, 0.3) is 0 Å². The van der Waals surface area contributed by atoms with Gasteiger partial charge in [0.1, 0.15) is 5.82 Å². The summed E-state index contributed by atoms with van der Waals surface area (Å²) in [7, 11) is 0. The molecular weight excluding hydrogens is 220 g/mol. The summed E-state index contributed by atoms with van der Waals surface area (Å²) in [5.74, 6) is 1.20. The van der Waals surface area contributed by atoms with Crippen molar-refractivity contribution in [3.8, 4) is 0 Å². The lowest BCUT2D eigenvalue weighted by Crippen LogP contribution is -2.01. The third-order valence-electron chi connectivity index (χ3n) is 3.49. The summed E-state index contributed by atoms with van der Waals surface area (Å²) in [5, 5.41) is 2.54. The van der Waals surface area contributed by atoms with Crippen LogP contribution in [0.4, 0.5) is 0 Å². The highest BCUT2D eigenvalue weighted by atomic mass is 15.1. The first kappa shape index (κ1) is 11.3. The van der Waals surface area contributed by atoms with Crippen molar-refractivity contribution < 1.29 is 0 Å². The molecule has 0 unspecified atom stereocenters. The molecule has 0 saturated heterocycles. The maximum Gasteiger partial charge on any atom is 0.109 e. The number of imidazole rings is 1. The van der Waals surface area contributed by atoms with Crippen molar-refractivity contribution in [2.45, 2.75) is 33.2 Å². The lowest BCUT2D eigenvalue weighted by atomic mass is 10.1. The molecule has 3 aromatic rings. The number of hydrogen-bond donors (Lipinski definition) is 0. The summed E-state index contributed by atoms with van der Waals surface area (Å²) in [4.78, 5) is 4.84. The van der Waals surface area contributed by atoms with E-state index in [0.717, 1.165) is 24.9 Å². The van der Waals surface area contributed by atoms with E-state index in [0.29, 0.717) is 0 Å². The molecule has 0 radical (unpaired) electrons. The Morgan fingerprint density at radius 2 is 1.89 bits per heavy atom. The Kier molecular flexibility index (Phi) is 2.78. The minimum absolute atomic E-state index is 0.989. The number of benzene rings is 2. The largest absolute Gasteiger partial charge is 0.328 e. The zero-order valence-electron chi connectivity index (χ0n) is 11.0. The number of aromatic nitrogens is 2. The van der Waals surface area contributed by atoms with Crippen LogP contribution in [0.3, 0.4) is 0 Å². The first-order chi connectivity index (χ1) is 8.85. The number of fused-ring (bicyclic) bond motifs is 3. The van der Waals surface area contributed by atoms with Crippen molar-refractivity contribution in [3.05, 3.63) is 42.2 Å². The number of nitrogens with zero attached hydrogens (tertiary/aromatic N) is 2. The van der Waals surface area contributed by atoms with Crippen LogP contribution >= 0.6 is 0 Å². The molecule has 0 aliphatic carbocycles. The summed E-state index contributed by atoms with van der Waals surface area (Å²) in [6, 6.07) is 12.9. The summed E-state index contributed by atoms with van der Waals surface area (Å²) >= 11 is 0. The molecule has 0 amide bonds. The van der Waals surface area contributed by atoms with Gasteiger partial charge in [-0.25, -0.2) is 4.98 Å². The highest BCUT2D eigenvalue weighted by Gasteiger charge is 2.10. The Balaban J connectivity index is 2.38. The van der Waals surface area contributed by atoms with Crippen LogP contribution in [0.2, 0.25) is 0 Å². The molecule has 3 rings (SSSR count). The van der Waals surface area contributed by atoms with E-state index in [1.54, 1.807) is 0 Å². The molecule has 1 aromatic heterocycles. The Bertz CT molecular complexity index is 695. The molecule has 0 bridgehead atoms. The van der Waals surface area contributed by atoms with Crippen molar-refractivity contribution in [3.63, 3.8) is 0 Å². The van der Waals surface area contributed by atoms with Crippen molar-refractivity contribution in [2.24, 2.45) is 0 Å². The minimum atomic E-state index is 0.989. The van der Waals surface area contributed by atoms with Gasteiger partial charge in [0, 0.05) is 18.4 Å². The van der Waals surface area contributed by atoms with E-state index in [4.69, 9.17) is 4.98 Å². The predicted molar refractivity (Wildman–Crippen MR) is 76.9 cm³/mol. The second kappa shape index (κ2) is 4.45. The van der Waals surface area contributed by atoms with Gasteiger partial charge in [-0.1, -0.05) is 44.2 Å². The van der Waals surface area contributed by atoms with Crippen molar-refractivity contribution >= 4 is 21.8 Å². The van der Waals surface area contributed by atoms with Crippen LogP contribution in [0.1, 0.15) is 26.1 Å². The first-order valence-corrected chi connectivity index (χ1v) is 6.72. The molecular formula is C16H18N2. The SMILES string of the molecule is CCCn1c(CC)nc2c3ccccc3ccc21. The maximum absolute atomic E-state index is 4.84. The molecule has 92 valence electrons. The van der Waals surface area contributed by atoms with Gasteiger partial charge in [0.15, 0.2) is 0 Å². The molecule has 0 saturated carbocycles. The van der Waals surface area contributed by atoms with Crippen LogP contribution in [0.5, 0.6) is 0 Å². The van der Waals surface area contributed by atoms with Crippen LogP contribution in [-0.4, -0.2) is 9.55 Å². The van der Waals surface area contributed by atoms with E-state index in [1.807, 2.05) is 0 Å². The Labute approximate surface area is 107 Å². The first-order valence-electron chi connectivity index (χ1n) is 6.72. The molecule has 0 atom stereocenters. The Morgan fingerprint density at radius 1 is 1.06 bits per heavy atom. The fraction of sp³-hybridized carbons (Fsp3) is 0.312. The smallest absolute Gasteiger partial charge is 0.109 e. The van der Waals surface area contributed by atoms with Crippen LogP contribution < -0.4 is 0 Å². The second-order valence-corrected chi connectivity index (χ2v) is 4.69. The van der Waals surface area contributed by atoms with E-state index >= 15 is 0 Å². The Hall–Kier alpha value is -1.83. The maximum atomic E-state index is 4.84. The summed E-state index contributed by atoms with van der Waals surface area (Å²) in [5.41, 5.74) is 2.42. The molecule has 18 heavy (non-hydrogen) atoms. The van der Waals surface area contributed by atoms with Crippen LogP contribution in [0, 0.1) is 0 Å². The van der Waals surface area contributed by atoms with Crippen LogP contribution in [0.15, 0.2) is 36.4 Å². The van der Waals surface area contributed by atoms with Crippen molar-refractivity contribution in [2.75, 3.05) is 0 Å². The van der Waals surface area contributed by atoms with Gasteiger partial charge >= 0.3 is 0 Å². The van der Waals surface area contributed by atoms with Crippen LogP contribution in [0.25, 0.3) is 21.8 Å². The zero-order valence-corrected chi connectivity index (χ0v) is 11.0. The molecule has 2 nitrogen and oxygen atoms in total. The highest BCUT2D eigenvalue weighted by molar-refractivity contribution is 6.04. The van der Waals surface area contributed by atoms with E-state index in [2.05, 4.69) is 54.8 Å². The molecule has 0 N–H and O–H groups in total. The fourth-order valence-electron chi connectivity index (χ4n) is 2.65. The highest BCUT2D eigenvalue weighted by Crippen LogP contribution is 2.26. The molecule has 0 aliphatic rings. The molecule has 0 aliphatic heterocycles. The van der Waals surface area contributed by atoms with Gasteiger partial charge in [-0.3, -0.25) is 0 Å². The average Bonchev–Trinajstić information content (AvgIpc) is 2.78. The van der Waals surface area contributed by atoms with Gasteiger partial charge in [-0.15, -0.1) is 0 Å². The summed E-state index contributed by atoms with van der Waals surface area (Å²) in [6.45, 7) is 5.44. The van der Waals surface area contributed by atoms with Gasteiger partial charge in [0.05, 0.1) is 11.0 Å². The third kappa shape index (κ3) is 1.60. The molecule has 0 spiro atoms. The van der Waals surface area contributed by atoms with Crippen molar-refractivity contribution in [1.29, 1.82) is 0 Å². The minimum Gasteiger partial charge on any atom is -0.328 e. The number of aryl methyl sites for hydroxylation is 2. The monoisotopic (exact) mass is 238 g/mol. The lowest BCUT2D eigenvalue weighted by Gasteiger charge is -2.06. The van der Waals surface area contributed by atoms with E-state index < -0.39 is 0 Å². The second-order valence-electron chi connectivity index (χ2n) is 4.69. The number of hydrogen-bond acceptors (Lipinski definition) is 1. The van der Waals surface area contributed by atoms with Crippen LogP contribution in [-0.2, 0) is 13.0 Å². The normalized spacial score (nSPS) is 11.4. The molecule has 0 fully saturated rings. The standard InChI is InChI=1S/C16H18N2/c1-3-11-18-14-10-9-12-7-5-6-8-13(12)16(14)17-15(18)4-2/h5-10H,3-4,11H2,1-2H3. The third-order valence-corrected chi connectivity index (χ3v) is 3.49. The molecule has 2 aromatic carbocycles. The zero-order chi connectivity index (χ0) is 12.5. The van der Waals surface area contributed by atoms with Gasteiger partial charge in [0.2, 0.25) is 0 Å². The topological polar surface area (TPSA) is 17.8 Å². The fourth-order valence-corrected chi connectivity index (χ4v) is 2.65. The quantitative estimate of drug-likeness (QED) is 0.670. The summed E-state index contributed by atoms with van der Waals surface area (Å²) in [6.07, 6.45) is 2.13. The average molecular weight is 238 g/mol. The Morgan fingerprint density at radius 3 is 2.67 bits per heavy atom. The van der Waals surface area contributed by atoms with E-state index in [9.17, 15) is 0 Å². The number of rotatable bonds is 3.